The van der Waals surface area contributed by atoms with Crippen molar-refractivity contribution in [3.05, 3.63) is 51.3 Å². The van der Waals surface area contributed by atoms with Crippen molar-refractivity contribution in [3.8, 4) is 0 Å². The van der Waals surface area contributed by atoms with Crippen molar-refractivity contribution < 1.29 is 9.90 Å². The fourth-order valence-corrected chi connectivity index (χ4v) is 4.62. The molecule has 3 rings (SSSR count). The van der Waals surface area contributed by atoms with Crippen LogP contribution in [0.15, 0.2) is 24.3 Å². The van der Waals surface area contributed by atoms with Gasteiger partial charge in [0.2, 0.25) is 0 Å². The SMILES string of the molecule is Cc1c(C(=O)NCCCN2CCN(c3cccc(Cl)c3Cl)CC2)cc(CCCCO)n1C. The lowest BCUT2D eigenvalue weighted by Crippen LogP contribution is -2.47. The lowest BCUT2D eigenvalue weighted by molar-refractivity contribution is 0.0950. The molecule has 1 saturated heterocycles. The summed E-state index contributed by atoms with van der Waals surface area (Å²) in [5.74, 6) is -0.00748. The predicted molar refractivity (Wildman–Crippen MR) is 132 cm³/mol. The van der Waals surface area contributed by atoms with E-state index in [4.69, 9.17) is 28.3 Å². The largest absolute Gasteiger partial charge is 0.396 e. The van der Waals surface area contributed by atoms with Gasteiger partial charge in [0, 0.05) is 57.8 Å². The number of halogens is 2. The first kappa shape index (κ1) is 24.9. The van der Waals surface area contributed by atoms with Crippen molar-refractivity contribution in [3.63, 3.8) is 0 Å². The highest BCUT2D eigenvalue weighted by molar-refractivity contribution is 6.43. The molecule has 6 nitrogen and oxygen atoms in total. The number of anilines is 1. The summed E-state index contributed by atoms with van der Waals surface area (Å²) in [7, 11) is 2.00. The molecule has 0 unspecified atom stereocenters. The van der Waals surface area contributed by atoms with Gasteiger partial charge < -0.3 is 19.9 Å². The van der Waals surface area contributed by atoms with Gasteiger partial charge >= 0.3 is 0 Å². The van der Waals surface area contributed by atoms with E-state index in [1.165, 1.54) is 0 Å². The van der Waals surface area contributed by atoms with E-state index < -0.39 is 0 Å². The summed E-state index contributed by atoms with van der Waals surface area (Å²) in [6.45, 7) is 7.56. The summed E-state index contributed by atoms with van der Waals surface area (Å²) >= 11 is 12.5. The molecule has 0 saturated carbocycles. The number of nitrogens with one attached hydrogen (secondary N) is 1. The van der Waals surface area contributed by atoms with Gasteiger partial charge in [0.15, 0.2) is 0 Å². The molecule has 0 bridgehead atoms. The minimum Gasteiger partial charge on any atom is -0.396 e. The average Bonchev–Trinajstić information content (AvgIpc) is 3.08. The molecule has 0 atom stereocenters. The molecule has 0 spiro atoms. The van der Waals surface area contributed by atoms with E-state index in [0.29, 0.717) is 16.6 Å². The van der Waals surface area contributed by atoms with Crippen LogP contribution in [0.2, 0.25) is 10.0 Å². The molecule has 2 heterocycles. The van der Waals surface area contributed by atoms with Crippen molar-refractivity contribution in [2.45, 2.75) is 32.6 Å². The van der Waals surface area contributed by atoms with Crippen molar-refractivity contribution in [1.82, 2.24) is 14.8 Å². The molecule has 8 heteroatoms. The number of nitrogens with zero attached hydrogens (tertiary/aromatic N) is 3. The van der Waals surface area contributed by atoms with Gasteiger partial charge in [-0.2, -0.15) is 0 Å². The third-order valence-electron chi connectivity index (χ3n) is 6.30. The Morgan fingerprint density at radius 1 is 1.12 bits per heavy atom. The van der Waals surface area contributed by atoms with Crippen LogP contribution in [0, 0.1) is 6.92 Å². The third-order valence-corrected chi connectivity index (χ3v) is 7.11. The number of hydrogen-bond acceptors (Lipinski definition) is 4. The van der Waals surface area contributed by atoms with E-state index in [9.17, 15) is 4.79 Å². The zero-order valence-electron chi connectivity index (χ0n) is 19.0. The van der Waals surface area contributed by atoms with Crippen LogP contribution in [-0.2, 0) is 13.5 Å². The smallest absolute Gasteiger partial charge is 0.253 e. The predicted octanol–water partition coefficient (Wildman–Crippen LogP) is 3.90. The molecule has 32 heavy (non-hydrogen) atoms. The van der Waals surface area contributed by atoms with Crippen LogP contribution >= 0.6 is 23.2 Å². The minimum absolute atomic E-state index is 0.00748. The molecule has 1 aromatic carbocycles. The van der Waals surface area contributed by atoms with Gasteiger partial charge in [-0.25, -0.2) is 0 Å². The van der Waals surface area contributed by atoms with Gasteiger partial charge in [0.1, 0.15) is 0 Å². The van der Waals surface area contributed by atoms with E-state index in [1.54, 1.807) is 0 Å². The van der Waals surface area contributed by atoms with Crippen LogP contribution in [-0.4, -0.2) is 66.4 Å². The summed E-state index contributed by atoms with van der Waals surface area (Å²) in [6.07, 6.45) is 3.49. The molecular weight excluding hydrogens is 447 g/mol. The monoisotopic (exact) mass is 480 g/mol. The van der Waals surface area contributed by atoms with Gasteiger partial charge in [-0.15, -0.1) is 0 Å². The van der Waals surface area contributed by atoms with Crippen LogP contribution in [0.4, 0.5) is 5.69 Å². The Morgan fingerprint density at radius 2 is 1.88 bits per heavy atom. The van der Waals surface area contributed by atoms with Crippen LogP contribution in [0.25, 0.3) is 0 Å². The summed E-state index contributed by atoms with van der Waals surface area (Å²) in [6, 6.07) is 7.75. The summed E-state index contributed by atoms with van der Waals surface area (Å²) in [4.78, 5) is 17.4. The first-order valence-electron chi connectivity index (χ1n) is 11.4. The zero-order chi connectivity index (χ0) is 23.1. The molecule has 0 radical (unpaired) electrons. The number of amides is 1. The van der Waals surface area contributed by atoms with Crippen LogP contribution in [0.5, 0.6) is 0 Å². The summed E-state index contributed by atoms with van der Waals surface area (Å²) in [5, 5.41) is 13.3. The standard InChI is InChI=1S/C24H34Cl2N4O2/c1-18-20(17-19(28(18)2)7-3-4-16-31)24(32)27-10-6-11-29-12-14-30(15-13-29)22-9-5-8-21(25)23(22)26/h5,8-9,17,31H,3-4,6-7,10-16H2,1-2H3,(H,27,32). The molecule has 1 fully saturated rings. The number of piperazine rings is 1. The quantitative estimate of drug-likeness (QED) is 0.506. The number of hydrogen-bond donors (Lipinski definition) is 2. The van der Waals surface area contributed by atoms with E-state index >= 15 is 0 Å². The van der Waals surface area contributed by atoms with Crippen LogP contribution in [0.3, 0.4) is 0 Å². The Morgan fingerprint density at radius 3 is 2.59 bits per heavy atom. The molecule has 0 aliphatic carbocycles. The van der Waals surface area contributed by atoms with Crippen molar-refractivity contribution >= 4 is 34.8 Å². The van der Waals surface area contributed by atoms with E-state index in [2.05, 4.69) is 19.7 Å². The van der Waals surface area contributed by atoms with Gasteiger partial charge in [-0.05, 0) is 57.4 Å². The lowest BCUT2D eigenvalue weighted by Gasteiger charge is -2.36. The fourth-order valence-electron chi connectivity index (χ4n) is 4.20. The van der Waals surface area contributed by atoms with Crippen LogP contribution < -0.4 is 10.2 Å². The summed E-state index contributed by atoms with van der Waals surface area (Å²) in [5.41, 5.74) is 3.87. The molecule has 1 amide bonds. The normalized spacial score (nSPS) is 14.7. The maximum atomic E-state index is 12.7. The molecular formula is C24H34Cl2N4O2. The Labute approximate surface area is 201 Å². The van der Waals surface area contributed by atoms with Gasteiger partial charge in [-0.3, -0.25) is 9.69 Å². The van der Waals surface area contributed by atoms with Crippen molar-refractivity contribution in [2.75, 3.05) is 50.8 Å². The highest BCUT2D eigenvalue weighted by Crippen LogP contribution is 2.32. The van der Waals surface area contributed by atoms with Gasteiger partial charge in [0.25, 0.3) is 5.91 Å². The zero-order valence-corrected chi connectivity index (χ0v) is 20.6. The first-order valence-corrected chi connectivity index (χ1v) is 12.1. The second-order valence-electron chi connectivity index (χ2n) is 8.39. The Bertz CT molecular complexity index is 908. The molecule has 176 valence electrons. The fraction of sp³-hybridized carbons (Fsp3) is 0.542. The topological polar surface area (TPSA) is 60.7 Å². The third kappa shape index (κ3) is 6.19. The number of aryl methyl sites for hydroxylation is 1. The highest BCUT2D eigenvalue weighted by Gasteiger charge is 2.20. The molecule has 1 aliphatic rings. The first-order chi connectivity index (χ1) is 15.4. The highest BCUT2D eigenvalue weighted by atomic mass is 35.5. The lowest BCUT2D eigenvalue weighted by atomic mass is 10.1. The Kier molecular flexibility index (Phi) is 9.29. The van der Waals surface area contributed by atoms with E-state index in [1.807, 2.05) is 38.2 Å². The number of benzene rings is 1. The number of aliphatic hydroxyl groups excluding tert-OH is 1. The van der Waals surface area contributed by atoms with Gasteiger partial charge in [-0.1, -0.05) is 29.3 Å². The average molecular weight is 481 g/mol. The second-order valence-corrected chi connectivity index (χ2v) is 9.17. The number of carbonyl (C=O) groups is 1. The Hall–Kier alpha value is -1.73. The number of aromatic nitrogens is 1. The molecule has 1 aromatic heterocycles. The number of carbonyl (C=O) groups excluding carboxylic acids is 1. The maximum Gasteiger partial charge on any atom is 0.253 e. The Balaban J connectivity index is 1.40. The van der Waals surface area contributed by atoms with Gasteiger partial charge in [0.05, 0.1) is 21.3 Å². The number of rotatable bonds is 10. The van der Waals surface area contributed by atoms with Crippen molar-refractivity contribution in [2.24, 2.45) is 7.05 Å². The maximum absolute atomic E-state index is 12.7. The minimum atomic E-state index is -0.00748. The molecule has 2 aromatic rings. The number of aliphatic hydroxyl groups is 1. The van der Waals surface area contributed by atoms with E-state index in [-0.39, 0.29) is 12.5 Å². The molecule has 2 N–H and O–H groups in total. The van der Waals surface area contributed by atoms with Crippen LogP contribution in [0.1, 0.15) is 41.0 Å². The number of unbranched alkanes of at least 4 members (excludes halogenated alkanes) is 1. The van der Waals surface area contributed by atoms with E-state index in [0.717, 1.165) is 81.0 Å². The van der Waals surface area contributed by atoms with Crippen molar-refractivity contribution in [1.29, 1.82) is 0 Å². The summed E-state index contributed by atoms with van der Waals surface area (Å²) < 4.78 is 2.08. The second kappa shape index (κ2) is 11.9. The molecule has 1 aliphatic heterocycles.